The van der Waals surface area contributed by atoms with E-state index in [0.717, 1.165) is 16.7 Å². The molecule has 0 bridgehead atoms. The molecule has 3 aromatic carbocycles. The first kappa shape index (κ1) is 21.5. The second-order valence-corrected chi connectivity index (χ2v) is 6.63. The lowest BCUT2D eigenvalue weighted by Crippen LogP contribution is -2.24. The van der Waals surface area contributed by atoms with E-state index < -0.39 is 5.97 Å². The molecule has 0 aromatic heterocycles. The summed E-state index contributed by atoms with van der Waals surface area (Å²) < 4.78 is 10.7. The number of hydrogen-bond donors (Lipinski definition) is 1. The van der Waals surface area contributed by atoms with Gasteiger partial charge in [0, 0.05) is 6.08 Å². The quantitative estimate of drug-likeness (QED) is 0.198. The minimum absolute atomic E-state index is 0.133. The first-order valence-electron chi connectivity index (χ1n) is 9.65. The van der Waals surface area contributed by atoms with Crippen LogP contribution in [0, 0.1) is 6.92 Å². The molecule has 3 aromatic rings. The summed E-state index contributed by atoms with van der Waals surface area (Å²) >= 11 is 0. The lowest BCUT2D eigenvalue weighted by atomic mass is 10.2. The van der Waals surface area contributed by atoms with E-state index in [1.165, 1.54) is 12.3 Å². The van der Waals surface area contributed by atoms with Crippen molar-refractivity contribution in [1.29, 1.82) is 0 Å². The van der Waals surface area contributed by atoms with Crippen molar-refractivity contribution in [2.24, 2.45) is 5.10 Å². The van der Waals surface area contributed by atoms with Gasteiger partial charge in [0.05, 0.1) is 6.21 Å². The number of amides is 1. The molecule has 0 aliphatic rings. The van der Waals surface area contributed by atoms with E-state index in [9.17, 15) is 9.59 Å². The third-order valence-corrected chi connectivity index (χ3v) is 4.07. The molecule has 1 N–H and O–H groups in total. The number of aryl methyl sites for hydroxylation is 1. The Bertz CT molecular complexity index is 1070. The molecular weight excluding hydrogens is 392 g/mol. The topological polar surface area (TPSA) is 77.0 Å². The predicted molar refractivity (Wildman–Crippen MR) is 120 cm³/mol. The van der Waals surface area contributed by atoms with Crippen molar-refractivity contribution < 1.29 is 19.1 Å². The van der Waals surface area contributed by atoms with Gasteiger partial charge in [0.2, 0.25) is 0 Å². The molecule has 0 fully saturated rings. The van der Waals surface area contributed by atoms with Gasteiger partial charge in [-0.1, -0.05) is 42.5 Å². The maximum absolute atomic E-state index is 11.9. The van der Waals surface area contributed by atoms with Crippen LogP contribution in [0.1, 0.15) is 16.7 Å². The molecule has 1 amide bonds. The zero-order chi connectivity index (χ0) is 21.9. The van der Waals surface area contributed by atoms with Crippen LogP contribution >= 0.6 is 0 Å². The number of carbonyl (C=O) groups is 2. The normalized spacial score (nSPS) is 10.9. The maximum atomic E-state index is 11.9. The average Bonchev–Trinajstić information content (AvgIpc) is 2.78. The molecule has 0 unspecified atom stereocenters. The fourth-order valence-corrected chi connectivity index (χ4v) is 2.57. The highest BCUT2D eigenvalue weighted by molar-refractivity contribution is 5.89. The van der Waals surface area contributed by atoms with E-state index in [1.54, 1.807) is 36.4 Å². The van der Waals surface area contributed by atoms with Crippen molar-refractivity contribution in [3.8, 4) is 11.5 Å². The first-order valence-corrected chi connectivity index (χ1v) is 9.65. The highest BCUT2D eigenvalue weighted by atomic mass is 16.5. The zero-order valence-corrected chi connectivity index (χ0v) is 17.0. The standard InChI is InChI=1S/C25H22N2O4/c1-19-6-5-9-23(16-19)30-18-24(28)27-26-17-21-10-13-22(14-11-21)31-25(29)15-12-20-7-3-2-4-8-20/h2-17H,18H2,1H3,(H,27,28)/b15-12+,26-17-. The van der Waals surface area contributed by atoms with Crippen LogP contribution in [0.3, 0.4) is 0 Å². The van der Waals surface area contributed by atoms with Crippen LogP contribution in [0.2, 0.25) is 0 Å². The first-order chi connectivity index (χ1) is 15.1. The molecule has 3 rings (SSSR count). The molecule has 0 aliphatic carbocycles. The minimum Gasteiger partial charge on any atom is -0.484 e. The predicted octanol–water partition coefficient (Wildman–Crippen LogP) is 4.14. The van der Waals surface area contributed by atoms with E-state index in [-0.39, 0.29) is 12.5 Å². The van der Waals surface area contributed by atoms with E-state index in [4.69, 9.17) is 9.47 Å². The molecule has 0 spiro atoms. The molecule has 156 valence electrons. The van der Waals surface area contributed by atoms with Crippen LogP contribution in [0.15, 0.2) is 90.0 Å². The van der Waals surface area contributed by atoms with Crippen molar-refractivity contribution in [2.45, 2.75) is 6.92 Å². The number of benzene rings is 3. The van der Waals surface area contributed by atoms with Crippen LogP contribution in [-0.2, 0) is 9.59 Å². The molecule has 0 heterocycles. The third-order valence-electron chi connectivity index (χ3n) is 4.07. The minimum atomic E-state index is -0.467. The van der Waals surface area contributed by atoms with Gasteiger partial charge in [0.25, 0.3) is 5.91 Å². The molecule has 0 aliphatic heterocycles. The lowest BCUT2D eigenvalue weighted by molar-refractivity contribution is -0.129. The average molecular weight is 414 g/mol. The lowest BCUT2D eigenvalue weighted by Gasteiger charge is -2.05. The van der Waals surface area contributed by atoms with Crippen molar-refractivity contribution in [2.75, 3.05) is 6.61 Å². The monoisotopic (exact) mass is 414 g/mol. The third kappa shape index (κ3) is 7.62. The summed E-state index contributed by atoms with van der Waals surface area (Å²) in [6.07, 6.45) is 4.55. The molecule has 0 saturated heterocycles. The molecular formula is C25H22N2O4. The fourth-order valence-electron chi connectivity index (χ4n) is 2.57. The molecule has 0 saturated carbocycles. The van der Waals surface area contributed by atoms with Crippen molar-refractivity contribution in [1.82, 2.24) is 5.43 Å². The smallest absolute Gasteiger partial charge is 0.336 e. The van der Waals surface area contributed by atoms with Gasteiger partial charge in [-0.2, -0.15) is 5.10 Å². The summed E-state index contributed by atoms with van der Waals surface area (Å²) in [5, 5.41) is 3.90. The Kier molecular flexibility index (Phi) is 7.71. The number of hydrazone groups is 1. The summed E-state index contributed by atoms with van der Waals surface area (Å²) in [5.74, 6) is 0.206. The van der Waals surface area contributed by atoms with Gasteiger partial charge in [0.1, 0.15) is 11.5 Å². The summed E-state index contributed by atoms with van der Waals surface area (Å²) in [4.78, 5) is 23.7. The molecule has 31 heavy (non-hydrogen) atoms. The van der Waals surface area contributed by atoms with Gasteiger partial charge < -0.3 is 9.47 Å². The summed E-state index contributed by atoms with van der Waals surface area (Å²) in [7, 11) is 0. The van der Waals surface area contributed by atoms with Gasteiger partial charge in [-0.25, -0.2) is 10.2 Å². The van der Waals surface area contributed by atoms with Gasteiger partial charge in [-0.15, -0.1) is 0 Å². The van der Waals surface area contributed by atoms with Crippen LogP contribution in [-0.4, -0.2) is 24.7 Å². The number of rotatable bonds is 8. The molecule has 6 heteroatoms. The molecule has 6 nitrogen and oxygen atoms in total. The Morgan fingerprint density at radius 2 is 1.68 bits per heavy atom. The zero-order valence-electron chi connectivity index (χ0n) is 17.0. The van der Waals surface area contributed by atoms with Gasteiger partial charge in [-0.3, -0.25) is 4.79 Å². The van der Waals surface area contributed by atoms with Gasteiger partial charge in [0.15, 0.2) is 6.61 Å². The Labute approximate surface area is 180 Å². The van der Waals surface area contributed by atoms with E-state index >= 15 is 0 Å². The van der Waals surface area contributed by atoms with Crippen LogP contribution in [0.5, 0.6) is 11.5 Å². The van der Waals surface area contributed by atoms with Crippen molar-refractivity contribution >= 4 is 24.2 Å². The Balaban J connectivity index is 1.43. The molecule has 0 radical (unpaired) electrons. The van der Waals surface area contributed by atoms with E-state index in [2.05, 4.69) is 10.5 Å². The summed E-state index contributed by atoms with van der Waals surface area (Å²) in [5.41, 5.74) is 5.11. The Morgan fingerprint density at radius 3 is 2.42 bits per heavy atom. The number of hydrogen-bond acceptors (Lipinski definition) is 5. The van der Waals surface area contributed by atoms with Crippen LogP contribution in [0.4, 0.5) is 0 Å². The Hall–Kier alpha value is -4.19. The number of carbonyl (C=O) groups excluding carboxylic acids is 2. The van der Waals surface area contributed by atoms with Crippen LogP contribution in [0.25, 0.3) is 6.08 Å². The van der Waals surface area contributed by atoms with E-state index in [0.29, 0.717) is 11.5 Å². The summed E-state index contributed by atoms with van der Waals surface area (Å²) in [6, 6.07) is 23.7. The SMILES string of the molecule is Cc1cccc(OCC(=O)N/N=C\c2ccc(OC(=O)/C=C/c3ccccc3)cc2)c1. The number of nitrogens with one attached hydrogen (secondary N) is 1. The largest absolute Gasteiger partial charge is 0.484 e. The van der Waals surface area contributed by atoms with Gasteiger partial charge >= 0.3 is 5.97 Å². The van der Waals surface area contributed by atoms with Crippen molar-refractivity contribution in [3.63, 3.8) is 0 Å². The highest BCUT2D eigenvalue weighted by Gasteiger charge is 2.02. The number of ether oxygens (including phenoxy) is 2. The van der Waals surface area contributed by atoms with E-state index in [1.807, 2.05) is 55.5 Å². The fraction of sp³-hybridized carbons (Fsp3) is 0.0800. The van der Waals surface area contributed by atoms with Gasteiger partial charge in [-0.05, 0) is 66.1 Å². The Morgan fingerprint density at radius 1 is 0.903 bits per heavy atom. The second kappa shape index (κ2) is 11.1. The van der Waals surface area contributed by atoms with Crippen LogP contribution < -0.4 is 14.9 Å². The second-order valence-electron chi connectivity index (χ2n) is 6.63. The highest BCUT2D eigenvalue weighted by Crippen LogP contribution is 2.13. The number of nitrogens with zero attached hydrogens (tertiary/aromatic N) is 1. The maximum Gasteiger partial charge on any atom is 0.336 e. The van der Waals surface area contributed by atoms with Crippen molar-refractivity contribution in [3.05, 3.63) is 102 Å². The molecule has 0 atom stereocenters. The number of esters is 1. The summed E-state index contributed by atoms with van der Waals surface area (Å²) in [6.45, 7) is 1.82.